The minimum atomic E-state index is -0.827. The van der Waals surface area contributed by atoms with Crippen LogP contribution in [0.2, 0.25) is 0 Å². The summed E-state index contributed by atoms with van der Waals surface area (Å²) in [6.45, 7) is 6.26. The van der Waals surface area contributed by atoms with Crippen LogP contribution in [0, 0.1) is 5.92 Å². The molecule has 7 N–H and O–H groups in total. The summed E-state index contributed by atoms with van der Waals surface area (Å²) in [4.78, 5) is 28.6. The lowest BCUT2D eigenvalue weighted by molar-refractivity contribution is -0.609. The first-order valence-electron chi connectivity index (χ1n) is 18.5. The van der Waals surface area contributed by atoms with E-state index in [1.54, 1.807) is 4.90 Å². The molecule has 0 aromatic carbocycles. The summed E-state index contributed by atoms with van der Waals surface area (Å²) in [6.07, 6.45) is 15.9. The number of nitrogens with zero attached hydrogens (tertiary/aromatic N) is 2. The van der Waals surface area contributed by atoms with Crippen LogP contribution in [-0.4, -0.2) is 107 Å². The second-order valence-electron chi connectivity index (χ2n) is 14.4. The molecule has 5 rings (SSSR count). The van der Waals surface area contributed by atoms with Crippen molar-refractivity contribution >= 4 is 17.8 Å². The highest BCUT2D eigenvalue weighted by Crippen LogP contribution is 2.45. The molecule has 8 atom stereocenters. The maximum Gasteiger partial charge on any atom is 0.350 e. The fraction of sp³-hybridized carbons (Fsp3) is 0.857. The average Bonchev–Trinajstić information content (AvgIpc) is 3.34. The summed E-state index contributed by atoms with van der Waals surface area (Å²) in [5, 5.41) is 17.8. The minimum Gasteiger partial charge on any atom is -0.465 e. The first-order valence-corrected chi connectivity index (χ1v) is 18.5. The molecule has 5 aliphatic rings. The molecule has 5 heterocycles. The van der Waals surface area contributed by atoms with Gasteiger partial charge in [0.2, 0.25) is 11.6 Å². The minimum absolute atomic E-state index is 0.00322. The Morgan fingerprint density at radius 2 is 1.98 bits per heavy atom. The van der Waals surface area contributed by atoms with Crippen LogP contribution in [0.25, 0.3) is 0 Å². The van der Waals surface area contributed by atoms with E-state index in [1.165, 1.54) is 0 Å². The van der Waals surface area contributed by atoms with Gasteiger partial charge < -0.3 is 35.7 Å². The van der Waals surface area contributed by atoms with Gasteiger partial charge in [-0.15, -0.1) is 0 Å². The molecule has 5 aliphatic heterocycles. The predicted octanol–water partition coefficient (Wildman–Crippen LogP) is 2.22. The van der Waals surface area contributed by atoms with Crippen molar-refractivity contribution in [3.63, 3.8) is 0 Å². The monoisotopic (exact) mass is 661 g/mol. The molecule has 0 unspecified atom stereocenters. The average molecular weight is 662 g/mol. The van der Waals surface area contributed by atoms with E-state index < -0.39 is 23.5 Å². The first-order chi connectivity index (χ1) is 22.7. The van der Waals surface area contributed by atoms with Crippen LogP contribution in [0.15, 0.2) is 12.2 Å². The molecule has 0 bridgehead atoms. The van der Waals surface area contributed by atoms with Gasteiger partial charge in [-0.3, -0.25) is 14.2 Å². The number of esters is 1. The van der Waals surface area contributed by atoms with Crippen molar-refractivity contribution in [1.29, 1.82) is 0 Å². The van der Waals surface area contributed by atoms with E-state index in [-0.39, 0.29) is 42.7 Å². The lowest BCUT2D eigenvalue weighted by Gasteiger charge is -2.50. The molecule has 266 valence electrons. The van der Waals surface area contributed by atoms with Gasteiger partial charge in [0.15, 0.2) is 11.6 Å². The van der Waals surface area contributed by atoms with Gasteiger partial charge in [0.25, 0.3) is 0 Å². The predicted molar refractivity (Wildman–Crippen MR) is 179 cm³/mol. The van der Waals surface area contributed by atoms with E-state index in [9.17, 15) is 14.7 Å². The number of carbonyl (C=O) groups is 2. The van der Waals surface area contributed by atoms with Crippen LogP contribution in [0.4, 0.5) is 0 Å². The van der Waals surface area contributed by atoms with E-state index in [2.05, 4.69) is 41.2 Å². The van der Waals surface area contributed by atoms with Gasteiger partial charge >= 0.3 is 11.9 Å². The Morgan fingerprint density at radius 1 is 1.13 bits per heavy atom. The topological polar surface area (TPSA) is 164 Å². The van der Waals surface area contributed by atoms with E-state index in [0.717, 1.165) is 70.2 Å². The van der Waals surface area contributed by atoms with Crippen LogP contribution < -0.4 is 22.1 Å². The van der Waals surface area contributed by atoms with Crippen LogP contribution >= 0.6 is 0 Å². The molecule has 0 aromatic heterocycles. The molecule has 2 fully saturated rings. The number of allylic oxidation sites excluding steroid dienone is 1. The lowest BCUT2D eigenvalue weighted by atomic mass is 9.80. The molecule has 2 spiro atoms. The zero-order chi connectivity index (χ0) is 33.4. The summed E-state index contributed by atoms with van der Waals surface area (Å²) in [5.41, 5.74) is 9.96. The standard InChI is InChI=1S/C35H60N6O6/c1-3-28-12-6-7-17-34(47-28)23-26-14-15-29-31(35(18-9-11-25(2)46-35)39-33(38-34)41(26)29)32(44)45-22-8-4-5-13-30(43)40(21-10-19-36)24-27(42)16-20-37/h6,12,25-29,31,42H,3-5,7-11,13-24,36-37H2,1-2H3,(H,38,39)/p+1/t25-,26+,27+,28+,29-,31-,34+,35-/m1/s1. The van der Waals surface area contributed by atoms with E-state index >= 15 is 0 Å². The number of nitrogens with two attached hydrogens (primary N) is 2. The smallest absolute Gasteiger partial charge is 0.350 e. The van der Waals surface area contributed by atoms with Crippen molar-refractivity contribution in [2.24, 2.45) is 17.4 Å². The zero-order valence-electron chi connectivity index (χ0n) is 28.8. The molecule has 12 heteroatoms. The fourth-order valence-corrected chi connectivity index (χ4v) is 8.51. The molecule has 2 saturated heterocycles. The normalized spacial score (nSPS) is 33.6. The SMILES string of the molecule is CC[C@H]1C=CCC[C@@]2(C[C@@H]3CC[C@@H]4[C@H](C(=O)OCCCCCC(=O)N(CCCN)C[C@@H](O)CCN)[C@]5(CCC[C@@H](C)O5)NC(=[N+]34)N2)O1. The highest BCUT2D eigenvalue weighted by Gasteiger charge is 2.64. The number of hydrogen-bond acceptors (Lipinski definition) is 10. The first kappa shape index (κ1) is 36.0. The number of amides is 1. The van der Waals surface area contributed by atoms with Crippen molar-refractivity contribution in [3.8, 4) is 0 Å². The van der Waals surface area contributed by atoms with Gasteiger partial charge in [-0.05, 0) is 90.6 Å². The quantitative estimate of drug-likeness (QED) is 0.0761. The fourth-order valence-electron chi connectivity index (χ4n) is 8.51. The van der Waals surface area contributed by atoms with Crippen LogP contribution in [0.3, 0.4) is 0 Å². The summed E-state index contributed by atoms with van der Waals surface area (Å²) in [5.74, 6) is 0.322. The second kappa shape index (κ2) is 16.4. The molecular formula is C35H61N6O6+. The third-order valence-corrected chi connectivity index (χ3v) is 10.8. The maximum atomic E-state index is 14.0. The molecule has 0 aromatic rings. The maximum absolute atomic E-state index is 14.0. The van der Waals surface area contributed by atoms with Gasteiger partial charge in [0, 0.05) is 38.8 Å². The number of rotatable bonds is 15. The number of guanidine groups is 1. The molecule has 1 amide bonds. The molecule has 0 saturated carbocycles. The Balaban J connectivity index is 1.19. The second-order valence-corrected chi connectivity index (χ2v) is 14.4. The van der Waals surface area contributed by atoms with Gasteiger partial charge in [-0.25, -0.2) is 10.6 Å². The summed E-state index contributed by atoms with van der Waals surface area (Å²) < 4.78 is 21.9. The zero-order valence-corrected chi connectivity index (χ0v) is 28.8. The molecule has 12 nitrogen and oxygen atoms in total. The number of ether oxygens (including phenoxy) is 3. The Morgan fingerprint density at radius 3 is 2.74 bits per heavy atom. The third kappa shape index (κ3) is 8.49. The molecule has 0 aliphatic carbocycles. The Kier molecular flexibility index (Phi) is 12.6. The van der Waals surface area contributed by atoms with E-state index in [0.29, 0.717) is 58.3 Å². The van der Waals surface area contributed by atoms with Crippen molar-refractivity contribution in [3.05, 3.63) is 12.2 Å². The van der Waals surface area contributed by atoms with Gasteiger partial charge in [-0.1, -0.05) is 19.1 Å². The van der Waals surface area contributed by atoms with Crippen molar-refractivity contribution in [2.75, 3.05) is 32.8 Å². The van der Waals surface area contributed by atoms with Gasteiger partial charge in [-0.2, -0.15) is 0 Å². The largest absolute Gasteiger partial charge is 0.465 e. The lowest BCUT2D eigenvalue weighted by Crippen LogP contribution is -2.76. The number of aliphatic hydroxyl groups is 1. The molecule has 47 heavy (non-hydrogen) atoms. The van der Waals surface area contributed by atoms with E-state index in [1.807, 2.05) is 0 Å². The Bertz CT molecular complexity index is 1140. The highest BCUT2D eigenvalue weighted by atomic mass is 16.6. The van der Waals surface area contributed by atoms with Crippen LogP contribution in [0.1, 0.15) is 110 Å². The van der Waals surface area contributed by atoms with Gasteiger partial charge in [0.05, 0.1) is 37.0 Å². The number of carbonyl (C=O) groups excluding carboxylic acids is 2. The van der Waals surface area contributed by atoms with Crippen molar-refractivity contribution in [1.82, 2.24) is 15.5 Å². The highest BCUT2D eigenvalue weighted by molar-refractivity contribution is 5.82. The molecule has 0 radical (unpaired) electrons. The summed E-state index contributed by atoms with van der Waals surface area (Å²) in [6, 6.07) is 0.280. The Hall–Kier alpha value is -2.25. The van der Waals surface area contributed by atoms with E-state index in [4.69, 9.17) is 25.7 Å². The van der Waals surface area contributed by atoms with Gasteiger partial charge in [0.1, 0.15) is 0 Å². The molecular weight excluding hydrogens is 600 g/mol. The number of nitrogens with one attached hydrogen (secondary N) is 2. The number of unbranched alkanes of at least 4 members (excludes halogenated alkanes) is 2. The van der Waals surface area contributed by atoms with Crippen molar-refractivity contribution in [2.45, 2.75) is 152 Å². The van der Waals surface area contributed by atoms with Crippen molar-refractivity contribution < 1.29 is 33.5 Å². The third-order valence-electron chi connectivity index (χ3n) is 10.8. The number of hydrogen-bond donors (Lipinski definition) is 5. The Labute approximate surface area is 281 Å². The number of aliphatic hydroxyl groups excluding tert-OH is 1. The van der Waals surface area contributed by atoms with Crippen LogP contribution in [0.5, 0.6) is 0 Å². The van der Waals surface area contributed by atoms with Crippen LogP contribution in [-0.2, 0) is 23.8 Å². The summed E-state index contributed by atoms with van der Waals surface area (Å²) in [7, 11) is 0. The summed E-state index contributed by atoms with van der Waals surface area (Å²) >= 11 is 0.